The van der Waals surface area contributed by atoms with Gasteiger partial charge in [-0.05, 0) is 34.5 Å². The van der Waals surface area contributed by atoms with E-state index < -0.39 is 6.10 Å². The summed E-state index contributed by atoms with van der Waals surface area (Å²) >= 11 is 6.72. The number of aromatic nitrogens is 1. The number of hydrogen-bond donors (Lipinski definition) is 1. The number of aliphatic hydroxyl groups excluding tert-OH is 1. The highest BCUT2D eigenvalue weighted by Gasteiger charge is 2.19. The molecule has 2 nitrogen and oxygen atoms in total. The molecule has 0 aliphatic rings. The molecule has 19 heavy (non-hydrogen) atoms. The Bertz CT molecular complexity index is 549. The van der Waals surface area contributed by atoms with Crippen LogP contribution in [0.2, 0.25) is 0 Å². The van der Waals surface area contributed by atoms with Crippen LogP contribution in [-0.2, 0) is 11.8 Å². The quantitative estimate of drug-likeness (QED) is 0.849. The molecular weight excluding hydrogens is 342 g/mol. The first-order chi connectivity index (χ1) is 8.77. The topological polar surface area (TPSA) is 33.1 Å². The third-order valence-electron chi connectivity index (χ3n) is 2.89. The van der Waals surface area contributed by atoms with Crippen molar-refractivity contribution in [3.63, 3.8) is 0 Å². The predicted octanol–water partition coefficient (Wildman–Crippen LogP) is 4.85. The third-order valence-corrected chi connectivity index (χ3v) is 6.00. The van der Waals surface area contributed by atoms with Crippen molar-refractivity contribution in [1.82, 2.24) is 4.98 Å². The summed E-state index contributed by atoms with van der Waals surface area (Å²) in [4.78, 5) is 5.62. The fraction of sp³-hybridized carbons (Fsp3) is 0.500. The van der Waals surface area contributed by atoms with Gasteiger partial charge in [0, 0.05) is 22.1 Å². The minimum atomic E-state index is -0.464. The van der Waals surface area contributed by atoms with E-state index in [1.165, 1.54) is 5.56 Å². The van der Waals surface area contributed by atoms with Crippen LogP contribution in [-0.4, -0.2) is 10.1 Å². The second-order valence-electron chi connectivity index (χ2n) is 5.70. The van der Waals surface area contributed by atoms with Gasteiger partial charge in [0.2, 0.25) is 0 Å². The molecule has 0 bridgehead atoms. The summed E-state index contributed by atoms with van der Waals surface area (Å²) in [5.74, 6) is 0. The van der Waals surface area contributed by atoms with Crippen LogP contribution < -0.4 is 0 Å². The molecule has 1 unspecified atom stereocenters. The van der Waals surface area contributed by atoms with Crippen molar-refractivity contribution in [3.8, 4) is 0 Å². The molecule has 0 aromatic carbocycles. The van der Waals surface area contributed by atoms with Crippen LogP contribution in [0.4, 0.5) is 0 Å². The average molecular weight is 360 g/mol. The Kier molecular flexibility index (Phi) is 4.50. The standard InChI is InChI=1S/C14H18BrNOS2/c1-8-5-10(19-13(8)15)9(17)6-12-16-11(7-18-12)14(2,3)4/h5,7,9,17H,6H2,1-4H3. The van der Waals surface area contributed by atoms with E-state index in [1.807, 2.05) is 13.0 Å². The van der Waals surface area contributed by atoms with Crippen molar-refractivity contribution < 1.29 is 5.11 Å². The lowest BCUT2D eigenvalue weighted by atomic mass is 9.93. The molecule has 2 aromatic heterocycles. The molecule has 0 saturated heterocycles. The summed E-state index contributed by atoms with van der Waals surface area (Å²) in [5, 5.41) is 13.4. The van der Waals surface area contributed by atoms with Gasteiger partial charge in [0.1, 0.15) is 0 Å². The Morgan fingerprint density at radius 2 is 2.11 bits per heavy atom. The van der Waals surface area contributed by atoms with E-state index in [9.17, 15) is 5.11 Å². The fourth-order valence-electron chi connectivity index (χ4n) is 1.66. The Balaban J connectivity index is 2.11. The Labute approximate surface area is 130 Å². The monoisotopic (exact) mass is 359 g/mol. The second-order valence-corrected chi connectivity index (χ2v) is 9.05. The first-order valence-electron chi connectivity index (χ1n) is 6.16. The maximum absolute atomic E-state index is 10.3. The number of aliphatic hydroxyl groups is 1. The highest BCUT2D eigenvalue weighted by molar-refractivity contribution is 9.11. The minimum absolute atomic E-state index is 0.0717. The first-order valence-corrected chi connectivity index (χ1v) is 8.65. The van der Waals surface area contributed by atoms with Crippen LogP contribution in [0.5, 0.6) is 0 Å². The number of thiazole rings is 1. The molecule has 2 aromatic rings. The van der Waals surface area contributed by atoms with Crippen LogP contribution in [0, 0.1) is 6.92 Å². The van der Waals surface area contributed by atoms with Crippen molar-refractivity contribution in [1.29, 1.82) is 0 Å². The number of thiophene rings is 1. The molecular formula is C14H18BrNOS2. The number of nitrogens with zero attached hydrogens (tertiary/aromatic N) is 1. The fourth-order valence-corrected chi connectivity index (χ4v) is 4.28. The zero-order valence-corrected chi connectivity index (χ0v) is 14.7. The van der Waals surface area contributed by atoms with Crippen molar-refractivity contribution in [2.45, 2.75) is 45.6 Å². The molecule has 2 rings (SSSR count). The zero-order valence-electron chi connectivity index (χ0n) is 11.5. The van der Waals surface area contributed by atoms with Gasteiger partial charge in [0.05, 0.1) is 20.6 Å². The number of hydrogen-bond acceptors (Lipinski definition) is 4. The molecule has 1 N–H and O–H groups in total. The van der Waals surface area contributed by atoms with Gasteiger partial charge >= 0.3 is 0 Å². The van der Waals surface area contributed by atoms with Crippen LogP contribution in [0.15, 0.2) is 15.2 Å². The Morgan fingerprint density at radius 3 is 2.58 bits per heavy atom. The second kappa shape index (κ2) is 5.64. The van der Waals surface area contributed by atoms with Gasteiger partial charge in [-0.1, -0.05) is 20.8 Å². The van der Waals surface area contributed by atoms with E-state index in [1.54, 1.807) is 22.7 Å². The molecule has 0 spiro atoms. The van der Waals surface area contributed by atoms with Crippen LogP contribution >= 0.6 is 38.6 Å². The number of rotatable bonds is 3. The van der Waals surface area contributed by atoms with Crippen LogP contribution in [0.3, 0.4) is 0 Å². The summed E-state index contributed by atoms with van der Waals surface area (Å²) in [7, 11) is 0. The highest BCUT2D eigenvalue weighted by Crippen LogP contribution is 2.33. The van der Waals surface area contributed by atoms with Crippen LogP contribution in [0.1, 0.15) is 48.0 Å². The van der Waals surface area contributed by atoms with E-state index in [0.29, 0.717) is 6.42 Å². The van der Waals surface area contributed by atoms with E-state index in [-0.39, 0.29) is 5.41 Å². The van der Waals surface area contributed by atoms with E-state index in [2.05, 4.69) is 47.1 Å². The van der Waals surface area contributed by atoms with Gasteiger partial charge in [-0.3, -0.25) is 0 Å². The molecule has 0 amide bonds. The molecule has 0 saturated carbocycles. The molecule has 5 heteroatoms. The summed E-state index contributed by atoms with van der Waals surface area (Å²) in [5.41, 5.74) is 2.35. The lowest BCUT2D eigenvalue weighted by Gasteiger charge is -2.14. The van der Waals surface area contributed by atoms with Gasteiger partial charge < -0.3 is 5.11 Å². The van der Waals surface area contributed by atoms with Gasteiger partial charge in [-0.25, -0.2) is 4.98 Å². The summed E-state index contributed by atoms with van der Waals surface area (Å²) in [6, 6.07) is 2.04. The maximum Gasteiger partial charge on any atom is 0.0958 e. The van der Waals surface area contributed by atoms with Crippen molar-refractivity contribution in [2.24, 2.45) is 0 Å². The molecule has 0 radical (unpaired) electrons. The highest BCUT2D eigenvalue weighted by atomic mass is 79.9. The molecule has 104 valence electrons. The largest absolute Gasteiger partial charge is 0.387 e. The number of halogens is 1. The van der Waals surface area contributed by atoms with Gasteiger partial charge in [-0.2, -0.15) is 0 Å². The Hall–Kier alpha value is -0.230. The number of aryl methyl sites for hydroxylation is 1. The molecule has 2 heterocycles. The summed E-state index contributed by atoms with van der Waals surface area (Å²) in [6.45, 7) is 8.50. The van der Waals surface area contributed by atoms with Crippen molar-refractivity contribution >= 4 is 38.6 Å². The normalized spacial score (nSPS) is 13.8. The SMILES string of the molecule is Cc1cc(C(O)Cc2nc(C(C)(C)C)cs2)sc1Br. The van der Waals surface area contributed by atoms with E-state index in [4.69, 9.17) is 0 Å². The zero-order chi connectivity index (χ0) is 14.2. The average Bonchev–Trinajstić information content (AvgIpc) is 2.86. The molecule has 0 fully saturated rings. The summed E-state index contributed by atoms with van der Waals surface area (Å²) in [6.07, 6.45) is 0.126. The summed E-state index contributed by atoms with van der Waals surface area (Å²) < 4.78 is 1.09. The first kappa shape index (κ1) is 15.2. The van der Waals surface area contributed by atoms with Crippen LogP contribution in [0.25, 0.3) is 0 Å². The third kappa shape index (κ3) is 3.66. The van der Waals surface area contributed by atoms with Gasteiger partial charge in [0.15, 0.2) is 0 Å². The smallest absolute Gasteiger partial charge is 0.0958 e. The predicted molar refractivity (Wildman–Crippen MR) is 86.2 cm³/mol. The van der Waals surface area contributed by atoms with Gasteiger partial charge in [-0.15, -0.1) is 22.7 Å². The lowest BCUT2D eigenvalue weighted by molar-refractivity contribution is 0.182. The lowest BCUT2D eigenvalue weighted by Crippen LogP contribution is -2.11. The van der Waals surface area contributed by atoms with Gasteiger partial charge in [0.25, 0.3) is 0 Å². The maximum atomic E-state index is 10.3. The van der Waals surface area contributed by atoms with E-state index in [0.717, 1.165) is 19.4 Å². The molecule has 0 aliphatic heterocycles. The van der Waals surface area contributed by atoms with Crippen molar-refractivity contribution in [2.75, 3.05) is 0 Å². The minimum Gasteiger partial charge on any atom is -0.387 e. The molecule has 1 atom stereocenters. The van der Waals surface area contributed by atoms with Crippen molar-refractivity contribution in [3.05, 3.63) is 36.4 Å². The molecule has 0 aliphatic carbocycles. The Morgan fingerprint density at radius 1 is 1.42 bits per heavy atom. The van der Waals surface area contributed by atoms with E-state index >= 15 is 0 Å².